The number of rotatable bonds is 7. The summed E-state index contributed by atoms with van der Waals surface area (Å²) in [6.45, 7) is 6.16. The lowest BCUT2D eigenvalue weighted by molar-refractivity contribution is -0.122. The van der Waals surface area contributed by atoms with Crippen LogP contribution >= 0.6 is 11.6 Å². The van der Waals surface area contributed by atoms with Gasteiger partial charge in [0.05, 0.1) is 6.54 Å². The van der Waals surface area contributed by atoms with Crippen molar-refractivity contribution in [1.29, 1.82) is 0 Å². The summed E-state index contributed by atoms with van der Waals surface area (Å²) in [6, 6.07) is 8.06. The number of carbonyl (C=O) groups excluding carboxylic acids is 1. The van der Waals surface area contributed by atoms with Gasteiger partial charge in [-0.25, -0.2) is 0 Å². The number of halogens is 1. The van der Waals surface area contributed by atoms with Gasteiger partial charge >= 0.3 is 0 Å². The molecule has 1 fully saturated rings. The topological polar surface area (TPSA) is 35.6 Å². The molecule has 26 heavy (non-hydrogen) atoms. The van der Waals surface area contributed by atoms with Crippen LogP contribution in [0.15, 0.2) is 35.9 Å². The van der Waals surface area contributed by atoms with Crippen LogP contribution in [-0.2, 0) is 11.3 Å². The number of amides is 1. The van der Waals surface area contributed by atoms with Crippen LogP contribution < -0.4 is 5.32 Å². The molecule has 0 radical (unpaired) electrons. The van der Waals surface area contributed by atoms with E-state index in [0.29, 0.717) is 6.54 Å². The summed E-state index contributed by atoms with van der Waals surface area (Å²) in [5, 5.41) is 3.87. The van der Waals surface area contributed by atoms with E-state index in [-0.39, 0.29) is 5.91 Å². The number of nitrogens with one attached hydrogen (secondary N) is 1. The Morgan fingerprint density at radius 2 is 1.77 bits per heavy atom. The molecule has 1 aromatic carbocycles. The minimum absolute atomic E-state index is 0.160. The number of hydrogen-bond acceptors (Lipinski definition) is 3. The van der Waals surface area contributed by atoms with E-state index in [1.807, 2.05) is 12.1 Å². The van der Waals surface area contributed by atoms with E-state index in [2.05, 4.69) is 33.3 Å². The van der Waals surface area contributed by atoms with E-state index in [1.165, 1.54) is 36.8 Å². The molecule has 1 N–H and O–H groups in total. The number of carbonyl (C=O) groups is 1. The lowest BCUT2D eigenvalue weighted by Crippen LogP contribution is -2.49. The zero-order valence-electron chi connectivity index (χ0n) is 15.6. The van der Waals surface area contributed by atoms with E-state index in [4.69, 9.17) is 11.6 Å². The fourth-order valence-electron chi connectivity index (χ4n) is 3.71. The first-order valence-corrected chi connectivity index (χ1v) is 10.2. The van der Waals surface area contributed by atoms with Crippen molar-refractivity contribution in [3.05, 3.63) is 46.5 Å². The highest BCUT2D eigenvalue weighted by atomic mass is 35.5. The number of allylic oxidation sites excluding steroid dienone is 1. The molecule has 2 aliphatic rings. The van der Waals surface area contributed by atoms with Crippen LogP contribution in [0.1, 0.15) is 37.7 Å². The molecule has 0 aromatic heterocycles. The lowest BCUT2D eigenvalue weighted by atomic mass is 9.97. The maximum Gasteiger partial charge on any atom is 0.234 e. The molecule has 4 nitrogen and oxygen atoms in total. The SMILES string of the molecule is O=C(CN1CCN(Cc2ccc(Cl)cc2)CC1)NCCC1=CCCCC1. The molecular weight excluding hydrogens is 346 g/mol. The van der Waals surface area contributed by atoms with E-state index >= 15 is 0 Å². The van der Waals surface area contributed by atoms with Gasteiger partial charge in [0.25, 0.3) is 0 Å². The third-order valence-electron chi connectivity index (χ3n) is 5.30. The van der Waals surface area contributed by atoms with Gasteiger partial charge in [0.2, 0.25) is 5.91 Å². The Bertz CT molecular complexity index is 606. The average Bonchev–Trinajstić information content (AvgIpc) is 2.66. The number of benzene rings is 1. The predicted octanol–water partition coefficient (Wildman–Crippen LogP) is 3.46. The third kappa shape index (κ3) is 6.42. The second-order valence-electron chi connectivity index (χ2n) is 7.39. The monoisotopic (exact) mass is 375 g/mol. The van der Waals surface area contributed by atoms with Crippen LogP contribution in [0.25, 0.3) is 0 Å². The molecule has 1 aliphatic heterocycles. The van der Waals surface area contributed by atoms with Crippen LogP contribution in [0.4, 0.5) is 0 Å². The molecule has 1 aromatic rings. The second-order valence-corrected chi connectivity index (χ2v) is 7.82. The Kier molecular flexibility index (Phi) is 7.54. The first-order valence-electron chi connectivity index (χ1n) is 9.83. The third-order valence-corrected chi connectivity index (χ3v) is 5.56. The normalized spacial score (nSPS) is 19.2. The van der Waals surface area contributed by atoms with Crippen molar-refractivity contribution in [2.75, 3.05) is 39.3 Å². The first kappa shape index (κ1) is 19.4. The standard InChI is InChI=1S/C21H30ClN3O/c22-20-8-6-19(7-9-20)16-24-12-14-25(15-13-24)17-21(26)23-11-10-18-4-2-1-3-5-18/h4,6-9H,1-3,5,10-17H2,(H,23,26). The summed E-state index contributed by atoms with van der Waals surface area (Å²) in [5.74, 6) is 0.160. The largest absolute Gasteiger partial charge is 0.355 e. The highest BCUT2D eigenvalue weighted by molar-refractivity contribution is 6.30. The summed E-state index contributed by atoms with van der Waals surface area (Å²) in [5.41, 5.74) is 2.81. The lowest BCUT2D eigenvalue weighted by Gasteiger charge is -2.34. The van der Waals surface area contributed by atoms with Gasteiger partial charge in [-0.2, -0.15) is 0 Å². The molecule has 3 rings (SSSR count). The maximum absolute atomic E-state index is 12.2. The van der Waals surface area contributed by atoms with Crippen molar-refractivity contribution < 1.29 is 4.79 Å². The first-order chi connectivity index (χ1) is 12.7. The van der Waals surface area contributed by atoms with Crippen molar-refractivity contribution >= 4 is 17.5 Å². The molecule has 1 aliphatic carbocycles. The van der Waals surface area contributed by atoms with E-state index < -0.39 is 0 Å². The fraction of sp³-hybridized carbons (Fsp3) is 0.571. The molecule has 0 atom stereocenters. The molecule has 0 bridgehead atoms. The molecule has 0 spiro atoms. The highest BCUT2D eigenvalue weighted by Crippen LogP contribution is 2.19. The Hall–Kier alpha value is -1.36. The van der Waals surface area contributed by atoms with Gasteiger partial charge < -0.3 is 5.32 Å². The smallest absolute Gasteiger partial charge is 0.234 e. The summed E-state index contributed by atoms with van der Waals surface area (Å²) < 4.78 is 0. The van der Waals surface area contributed by atoms with Crippen molar-refractivity contribution in [3.63, 3.8) is 0 Å². The minimum atomic E-state index is 0.160. The summed E-state index contributed by atoms with van der Waals surface area (Å²) in [6.07, 6.45) is 8.42. The molecule has 1 saturated heterocycles. The number of piperazine rings is 1. The van der Waals surface area contributed by atoms with Crippen LogP contribution in [-0.4, -0.2) is 55.0 Å². The Morgan fingerprint density at radius 3 is 2.46 bits per heavy atom. The zero-order valence-corrected chi connectivity index (χ0v) is 16.3. The quantitative estimate of drug-likeness (QED) is 0.741. The average molecular weight is 376 g/mol. The van der Waals surface area contributed by atoms with Gasteiger partial charge in [-0.3, -0.25) is 14.6 Å². The highest BCUT2D eigenvalue weighted by Gasteiger charge is 2.19. The molecule has 0 unspecified atom stereocenters. The summed E-state index contributed by atoms with van der Waals surface area (Å²) in [7, 11) is 0. The Morgan fingerprint density at radius 1 is 1.04 bits per heavy atom. The predicted molar refractivity (Wildman–Crippen MR) is 107 cm³/mol. The minimum Gasteiger partial charge on any atom is -0.355 e. The van der Waals surface area contributed by atoms with Gasteiger partial charge in [0.1, 0.15) is 0 Å². The molecule has 142 valence electrons. The Labute approximate surface area is 162 Å². The summed E-state index contributed by atoms with van der Waals surface area (Å²) in [4.78, 5) is 16.9. The second kappa shape index (κ2) is 10.1. The van der Waals surface area contributed by atoms with Crippen LogP contribution in [0.3, 0.4) is 0 Å². The van der Waals surface area contributed by atoms with Gasteiger partial charge in [-0.1, -0.05) is 35.4 Å². The molecule has 5 heteroatoms. The fourth-order valence-corrected chi connectivity index (χ4v) is 3.83. The van der Waals surface area contributed by atoms with E-state index in [0.717, 1.165) is 50.7 Å². The molecule has 1 heterocycles. The van der Waals surface area contributed by atoms with E-state index in [9.17, 15) is 4.79 Å². The van der Waals surface area contributed by atoms with Gasteiger partial charge in [-0.05, 0) is 49.8 Å². The van der Waals surface area contributed by atoms with Crippen LogP contribution in [0.5, 0.6) is 0 Å². The van der Waals surface area contributed by atoms with Gasteiger partial charge in [0.15, 0.2) is 0 Å². The van der Waals surface area contributed by atoms with Crippen molar-refractivity contribution in [2.45, 2.75) is 38.6 Å². The summed E-state index contributed by atoms with van der Waals surface area (Å²) >= 11 is 5.94. The van der Waals surface area contributed by atoms with Gasteiger partial charge in [-0.15, -0.1) is 0 Å². The molecule has 0 saturated carbocycles. The van der Waals surface area contributed by atoms with Gasteiger partial charge in [0, 0.05) is 44.3 Å². The van der Waals surface area contributed by atoms with Crippen molar-refractivity contribution in [1.82, 2.24) is 15.1 Å². The maximum atomic E-state index is 12.2. The molecular formula is C21H30ClN3O. The Balaban J connectivity index is 1.31. The van der Waals surface area contributed by atoms with Crippen LogP contribution in [0.2, 0.25) is 5.02 Å². The van der Waals surface area contributed by atoms with Crippen LogP contribution in [0, 0.1) is 0 Å². The molecule has 1 amide bonds. The number of nitrogens with zero attached hydrogens (tertiary/aromatic N) is 2. The zero-order chi connectivity index (χ0) is 18.2. The number of hydrogen-bond donors (Lipinski definition) is 1. The van der Waals surface area contributed by atoms with Crippen molar-refractivity contribution in [3.8, 4) is 0 Å². The van der Waals surface area contributed by atoms with Crippen molar-refractivity contribution in [2.24, 2.45) is 0 Å². The van der Waals surface area contributed by atoms with E-state index in [1.54, 1.807) is 0 Å².